The number of halogens is 1. The van der Waals surface area contributed by atoms with Gasteiger partial charge >= 0.3 is 0 Å². The molecule has 10 nitrogen and oxygen atoms in total. The molecule has 5 N–H and O–H groups in total. The van der Waals surface area contributed by atoms with E-state index in [2.05, 4.69) is 27.3 Å². The Balaban J connectivity index is 1.67. The zero-order valence-electron chi connectivity index (χ0n) is 20.2. The van der Waals surface area contributed by atoms with Crippen molar-refractivity contribution >= 4 is 22.8 Å². The van der Waals surface area contributed by atoms with Gasteiger partial charge in [0.2, 0.25) is 5.95 Å². The molecule has 0 saturated carbocycles. The first-order chi connectivity index (χ1) is 16.9. The number of ether oxygens (including phenoxy) is 1. The van der Waals surface area contributed by atoms with Crippen molar-refractivity contribution in [3.05, 3.63) is 35.3 Å². The minimum absolute atomic E-state index is 0.0219. The minimum Gasteiger partial charge on any atom is -0.496 e. The predicted molar refractivity (Wildman–Crippen MR) is 132 cm³/mol. The lowest BCUT2D eigenvalue weighted by molar-refractivity contribution is 0.174. The van der Waals surface area contributed by atoms with E-state index >= 15 is 0 Å². The van der Waals surface area contributed by atoms with E-state index in [0.717, 1.165) is 24.9 Å². The molecular formula is C24H34FN7O3. The molecule has 11 heteroatoms. The van der Waals surface area contributed by atoms with Crippen LogP contribution in [0.4, 0.5) is 16.2 Å². The standard InChI is InChI=1S/C24H34FN7O3/c1-3-4-17(6-8-33)28-23-22-20(29-24(26)30-23)11-27-32(22)13-16-9-15(19(25)10-21(16)35-2)12-31-7-5-18(34)14-31/h9-11,17-18,33-34H,3-8,12-14H2,1-2H3,(H3,26,28,29,30)/t17-,18-/m0/s1. The molecule has 1 aliphatic heterocycles. The smallest absolute Gasteiger partial charge is 0.222 e. The van der Waals surface area contributed by atoms with E-state index in [0.29, 0.717) is 60.6 Å². The van der Waals surface area contributed by atoms with E-state index in [1.54, 1.807) is 16.9 Å². The highest BCUT2D eigenvalue weighted by molar-refractivity contribution is 5.86. The van der Waals surface area contributed by atoms with E-state index in [4.69, 9.17) is 10.5 Å². The van der Waals surface area contributed by atoms with Gasteiger partial charge in [0.25, 0.3) is 0 Å². The number of nitrogen functional groups attached to an aromatic ring is 1. The Hall–Kier alpha value is -3.02. The number of nitrogens with two attached hydrogens (primary N) is 1. The van der Waals surface area contributed by atoms with Gasteiger partial charge in [0, 0.05) is 49.5 Å². The normalized spacial score (nSPS) is 17.2. The summed E-state index contributed by atoms with van der Waals surface area (Å²) in [6.07, 6.45) is 4.34. The predicted octanol–water partition coefficient (Wildman–Crippen LogP) is 2.13. The van der Waals surface area contributed by atoms with Crippen LogP contribution in [0.1, 0.15) is 43.7 Å². The first-order valence-electron chi connectivity index (χ1n) is 12.0. The largest absolute Gasteiger partial charge is 0.496 e. The van der Waals surface area contributed by atoms with Crippen molar-refractivity contribution < 1.29 is 19.3 Å². The molecule has 35 heavy (non-hydrogen) atoms. The van der Waals surface area contributed by atoms with Crippen molar-refractivity contribution in [1.82, 2.24) is 24.6 Å². The average molecular weight is 488 g/mol. The fourth-order valence-corrected chi connectivity index (χ4v) is 4.67. The molecule has 2 atom stereocenters. The fraction of sp³-hybridized carbons (Fsp3) is 0.542. The van der Waals surface area contributed by atoms with E-state index in [9.17, 15) is 14.6 Å². The molecule has 2 aromatic heterocycles. The van der Waals surface area contributed by atoms with Gasteiger partial charge in [-0.15, -0.1) is 0 Å². The second kappa shape index (κ2) is 11.1. The number of methoxy groups -OCH3 is 1. The van der Waals surface area contributed by atoms with Gasteiger partial charge in [0.1, 0.15) is 22.6 Å². The van der Waals surface area contributed by atoms with Crippen LogP contribution in [0.2, 0.25) is 0 Å². The molecule has 0 spiro atoms. The maximum absolute atomic E-state index is 14.8. The summed E-state index contributed by atoms with van der Waals surface area (Å²) in [5.41, 5.74) is 8.51. The van der Waals surface area contributed by atoms with E-state index in [1.807, 2.05) is 4.90 Å². The van der Waals surface area contributed by atoms with Crippen molar-refractivity contribution in [2.75, 3.05) is 37.9 Å². The number of aliphatic hydroxyl groups is 2. The number of β-amino-alcohol motifs (C(OH)–C–C–N with tert-alkyl or cyclic N) is 1. The molecule has 4 rings (SSSR count). The molecular weight excluding hydrogens is 453 g/mol. The number of hydrogen-bond donors (Lipinski definition) is 4. The third-order valence-corrected chi connectivity index (χ3v) is 6.37. The Kier molecular flexibility index (Phi) is 7.99. The number of nitrogens with zero attached hydrogens (tertiary/aromatic N) is 5. The average Bonchev–Trinajstić information content (AvgIpc) is 3.41. The summed E-state index contributed by atoms with van der Waals surface area (Å²) >= 11 is 0. The lowest BCUT2D eigenvalue weighted by Gasteiger charge is -2.20. The number of benzene rings is 1. The van der Waals surface area contributed by atoms with E-state index < -0.39 is 0 Å². The van der Waals surface area contributed by atoms with Gasteiger partial charge in [-0.25, -0.2) is 9.37 Å². The molecule has 3 aromatic rings. The van der Waals surface area contributed by atoms with Crippen LogP contribution in [-0.2, 0) is 13.1 Å². The minimum atomic E-state index is -0.369. The molecule has 0 unspecified atom stereocenters. The first-order valence-corrected chi connectivity index (χ1v) is 12.0. The Labute approximate surface area is 203 Å². The maximum Gasteiger partial charge on any atom is 0.222 e. The molecule has 3 heterocycles. The SMILES string of the molecule is CCC[C@@H](CCO)Nc1nc(N)nc2cnn(Cc3cc(CN4CC[C@H](O)C4)c(F)cc3OC)c12. The number of rotatable bonds is 11. The molecule has 0 aliphatic carbocycles. The zero-order chi connectivity index (χ0) is 24.9. The Bertz CT molecular complexity index is 1150. The molecule has 0 bridgehead atoms. The van der Waals surface area contributed by atoms with Crippen LogP contribution in [0.5, 0.6) is 5.75 Å². The van der Waals surface area contributed by atoms with Crippen molar-refractivity contribution in [3.8, 4) is 5.75 Å². The molecule has 1 fully saturated rings. The van der Waals surface area contributed by atoms with Crippen molar-refractivity contribution in [2.45, 2.75) is 57.8 Å². The second-order valence-corrected chi connectivity index (χ2v) is 9.04. The van der Waals surface area contributed by atoms with Crippen molar-refractivity contribution in [2.24, 2.45) is 0 Å². The summed E-state index contributed by atoms with van der Waals surface area (Å²) in [5, 5.41) is 27.2. The highest BCUT2D eigenvalue weighted by Crippen LogP contribution is 2.29. The third kappa shape index (κ3) is 5.80. The van der Waals surface area contributed by atoms with Crippen LogP contribution in [0.3, 0.4) is 0 Å². The van der Waals surface area contributed by atoms with Gasteiger partial charge in [0.05, 0.1) is 26.0 Å². The lowest BCUT2D eigenvalue weighted by atomic mass is 10.1. The highest BCUT2D eigenvalue weighted by Gasteiger charge is 2.23. The van der Waals surface area contributed by atoms with Gasteiger partial charge in [-0.3, -0.25) is 9.58 Å². The molecule has 1 aliphatic rings. The molecule has 0 radical (unpaired) electrons. The molecule has 1 saturated heterocycles. The van der Waals surface area contributed by atoms with E-state index in [1.165, 1.54) is 13.2 Å². The highest BCUT2D eigenvalue weighted by atomic mass is 19.1. The van der Waals surface area contributed by atoms with Crippen LogP contribution in [0.25, 0.3) is 11.0 Å². The summed E-state index contributed by atoms with van der Waals surface area (Å²) < 4.78 is 22.1. The number of hydrogen-bond acceptors (Lipinski definition) is 9. The Morgan fingerprint density at radius 1 is 1.26 bits per heavy atom. The van der Waals surface area contributed by atoms with Gasteiger partial charge in [-0.1, -0.05) is 13.3 Å². The van der Waals surface area contributed by atoms with Gasteiger partial charge in [-0.05, 0) is 25.3 Å². The van der Waals surface area contributed by atoms with Crippen LogP contribution >= 0.6 is 0 Å². The van der Waals surface area contributed by atoms with Crippen LogP contribution in [0, 0.1) is 5.82 Å². The maximum atomic E-state index is 14.8. The summed E-state index contributed by atoms with van der Waals surface area (Å²) in [7, 11) is 1.51. The van der Waals surface area contributed by atoms with Crippen LogP contribution in [-0.4, -0.2) is 73.8 Å². The monoisotopic (exact) mass is 487 g/mol. The quantitative estimate of drug-likeness (QED) is 0.321. The third-order valence-electron chi connectivity index (χ3n) is 6.37. The van der Waals surface area contributed by atoms with Crippen LogP contribution < -0.4 is 15.8 Å². The van der Waals surface area contributed by atoms with Gasteiger partial charge in [-0.2, -0.15) is 10.1 Å². The second-order valence-electron chi connectivity index (χ2n) is 9.04. The Morgan fingerprint density at radius 3 is 2.77 bits per heavy atom. The van der Waals surface area contributed by atoms with Crippen molar-refractivity contribution in [3.63, 3.8) is 0 Å². The molecule has 0 amide bonds. The number of aromatic nitrogens is 4. The number of likely N-dealkylation sites (tertiary alicyclic amines) is 1. The number of anilines is 2. The van der Waals surface area contributed by atoms with E-state index in [-0.39, 0.29) is 30.5 Å². The van der Waals surface area contributed by atoms with Gasteiger partial charge in [0.15, 0.2) is 5.82 Å². The first kappa shape index (κ1) is 25.1. The number of aliphatic hydroxyl groups excluding tert-OH is 2. The fourth-order valence-electron chi connectivity index (χ4n) is 4.67. The summed E-state index contributed by atoms with van der Waals surface area (Å²) in [6.45, 7) is 4.12. The number of nitrogens with one attached hydrogen (secondary N) is 1. The zero-order valence-corrected chi connectivity index (χ0v) is 20.2. The van der Waals surface area contributed by atoms with Crippen molar-refractivity contribution in [1.29, 1.82) is 0 Å². The number of fused-ring (bicyclic) bond motifs is 1. The van der Waals surface area contributed by atoms with Gasteiger partial charge < -0.3 is 26.0 Å². The summed E-state index contributed by atoms with van der Waals surface area (Å²) in [5.74, 6) is 0.756. The summed E-state index contributed by atoms with van der Waals surface area (Å²) in [6, 6.07) is 3.21. The lowest BCUT2D eigenvalue weighted by Crippen LogP contribution is -2.23. The summed E-state index contributed by atoms with van der Waals surface area (Å²) in [4.78, 5) is 10.8. The topological polar surface area (TPSA) is 135 Å². The molecule has 190 valence electrons. The molecule has 1 aromatic carbocycles. The Morgan fingerprint density at radius 2 is 2.09 bits per heavy atom. The van der Waals surface area contributed by atoms with Crippen LogP contribution in [0.15, 0.2) is 18.3 Å².